The Morgan fingerprint density at radius 1 is 1.24 bits per heavy atom. The molecule has 0 radical (unpaired) electrons. The Morgan fingerprint density at radius 2 is 2.05 bits per heavy atom. The Balaban J connectivity index is 1.91. The predicted molar refractivity (Wildman–Crippen MR) is 89.3 cm³/mol. The maximum Gasteiger partial charge on any atom is 0.243 e. The summed E-state index contributed by atoms with van der Waals surface area (Å²) in [5.41, 5.74) is 1.49. The van der Waals surface area contributed by atoms with Crippen molar-refractivity contribution in [2.75, 3.05) is 24.3 Å². The van der Waals surface area contributed by atoms with E-state index in [0.29, 0.717) is 16.5 Å². The number of rotatable bonds is 5. The highest BCUT2D eigenvalue weighted by atomic mass is 79.9. The SMILES string of the molecule is COc1ccc(NC(=O)CNc2cccc(Br)c2)cc1Cl. The molecule has 0 aliphatic heterocycles. The van der Waals surface area contributed by atoms with Gasteiger partial charge in [0.15, 0.2) is 0 Å². The monoisotopic (exact) mass is 368 g/mol. The summed E-state index contributed by atoms with van der Waals surface area (Å²) in [6.07, 6.45) is 0. The van der Waals surface area contributed by atoms with Crippen LogP contribution in [0, 0.1) is 0 Å². The van der Waals surface area contributed by atoms with Gasteiger partial charge in [-0.15, -0.1) is 0 Å². The van der Waals surface area contributed by atoms with Crippen molar-refractivity contribution in [2.24, 2.45) is 0 Å². The molecule has 0 saturated carbocycles. The highest BCUT2D eigenvalue weighted by Crippen LogP contribution is 2.27. The second-order valence-corrected chi connectivity index (χ2v) is 5.58. The van der Waals surface area contributed by atoms with E-state index in [0.717, 1.165) is 10.2 Å². The molecule has 0 fully saturated rings. The van der Waals surface area contributed by atoms with Crippen LogP contribution in [-0.4, -0.2) is 19.6 Å². The quantitative estimate of drug-likeness (QED) is 0.832. The van der Waals surface area contributed by atoms with Crippen molar-refractivity contribution in [1.29, 1.82) is 0 Å². The maximum atomic E-state index is 11.9. The number of benzene rings is 2. The molecule has 0 unspecified atom stereocenters. The molecule has 0 bridgehead atoms. The number of hydrogen-bond donors (Lipinski definition) is 2. The van der Waals surface area contributed by atoms with Crippen LogP contribution in [0.1, 0.15) is 0 Å². The van der Waals surface area contributed by atoms with Gasteiger partial charge in [-0.2, -0.15) is 0 Å². The molecule has 0 aliphatic carbocycles. The van der Waals surface area contributed by atoms with Gasteiger partial charge in [0.05, 0.1) is 18.7 Å². The van der Waals surface area contributed by atoms with Crippen LogP contribution < -0.4 is 15.4 Å². The summed E-state index contributed by atoms with van der Waals surface area (Å²) in [6, 6.07) is 12.7. The molecule has 21 heavy (non-hydrogen) atoms. The Hall–Kier alpha value is -1.72. The number of amides is 1. The number of methoxy groups -OCH3 is 1. The molecule has 2 aromatic rings. The van der Waals surface area contributed by atoms with E-state index in [-0.39, 0.29) is 12.5 Å². The first-order valence-electron chi connectivity index (χ1n) is 6.21. The lowest BCUT2D eigenvalue weighted by Gasteiger charge is -2.09. The van der Waals surface area contributed by atoms with Crippen LogP contribution in [0.2, 0.25) is 5.02 Å². The summed E-state index contributed by atoms with van der Waals surface area (Å²) >= 11 is 9.38. The molecule has 0 aromatic heterocycles. The number of anilines is 2. The Kier molecular flexibility index (Phi) is 5.47. The van der Waals surface area contributed by atoms with E-state index in [9.17, 15) is 4.79 Å². The van der Waals surface area contributed by atoms with Crippen molar-refractivity contribution in [3.8, 4) is 5.75 Å². The average molecular weight is 370 g/mol. The Morgan fingerprint density at radius 3 is 2.71 bits per heavy atom. The molecule has 6 heteroatoms. The lowest BCUT2D eigenvalue weighted by atomic mass is 10.3. The highest BCUT2D eigenvalue weighted by Gasteiger charge is 2.05. The summed E-state index contributed by atoms with van der Waals surface area (Å²) in [4.78, 5) is 11.9. The number of nitrogens with one attached hydrogen (secondary N) is 2. The van der Waals surface area contributed by atoms with Crippen LogP contribution in [0.3, 0.4) is 0 Å². The summed E-state index contributed by atoms with van der Waals surface area (Å²) in [6.45, 7) is 0.167. The van der Waals surface area contributed by atoms with Crippen LogP contribution in [0.5, 0.6) is 5.75 Å². The van der Waals surface area contributed by atoms with Gasteiger partial charge in [0.2, 0.25) is 5.91 Å². The van der Waals surface area contributed by atoms with E-state index in [1.165, 1.54) is 0 Å². The van der Waals surface area contributed by atoms with Gasteiger partial charge >= 0.3 is 0 Å². The molecule has 2 aromatic carbocycles. The minimum absolute atomic E-state index is 0.156. The summed E-state index contributed by atoms with van der Waals surface area (Å²) in [5, 5.41) is 6.26. The van der Waals surface area contributed by atoms with Crippen LogP contribution >= 0.6 is 27.5 Å². The second-order valence-electron chi connectivity index (χ2n) is 4.26. The molecular formula is C15H14BrClN2O2. The summed E-state index contributed by atoms with van der Waals surface area (Å²) < 4.78 is 6.01. The molecule has 2 rings (SSSR count). The fraction of sp³-hybridized carbons (Fsp3) is 0.133. The molecule has 1 amide bonds. The van der Waals surface area contributed by atoms with Crippen molar-refractivity contribution < 1.29 is 9.53 Å². The van der Waals surface area contributed by atoms with E-state index in [2.05, 4.69) is 26.6 Å². The zero-order chi connectivity index (χ0) is 15.2. The van der Waals surface area contributed by atoms with Gasteiger partial charge in [-0.3, -0.25) is 4.79 Å². The van der Waals surface area contributed by atoms with Gasteiger partial charge in [-0.25, -0.2) is 0 Å². The normalized spacial score (nSPS) is 10.0. The van der Waals surface area contributed by atoms with E-state index >= 15 is 0 Å². The molecule has 4 nitrogen and oxygen atoms in total. The van der Waals surface area contributed by atoms with Crippen molar-refractivity contribution in [3.05, 3.63) is 52.0 Å². The third-order valence-corrected chi connectivity index (χ3v) is 3.50. The van der Waals surface area contributed by atoms with Crippen LogP contribution in [0.25, 0.3) is 0 Å². The zero-order valence-corrected chi connectivity index (χ0v) is 13.7. The predicted octanol–water partition coefficient (Wildman–Crippen LogP) is 4.16. The topological polar surface area (TPSA) is 50.4 Å². The van der Waals surface area contributed by atoms with Gasteiger partial charge < -0.3 is 15.4 Å². The third-order valence-electron chi connectivity index (χ3n) is 2.71. The first-order valence-corrected chi connectivity index (χ1v) is 7.38. The summed E-state index contributed by atoms with van der Waals surface area (Å²) in [7, 11) is 1.54. The molecule has 0 saturated heterocycles. The van der Waals surface area contributed by atoms with Gasteiger partial charge in [0, 0.05) is 15.8 Å². The van der Waals surface area contributed by atoms with Crippen LogP contribution in [-0.2, 0) is 4.79 Å². The lowest BCUT2D eigenvalue weighted by molar-refractivity contribution is -0.114. The van der Waals surface area contributed by atoms with Crippen molar-refractivity contribution in [2.45, 2.75) is 0 Å². The minimum Gasteiger partial charge on any atom is -0.495 e. The zero-order valence-electron chi connectivity index (χ0n) is 11.3. The van der Waals surface area contributed by atoms with Gasteiger partial charge in [0.1, 0.15) is 5.75 Å². The number of hydrogen-bond acceptors (Lipinski definition) is 3. The fourth-order valence-corrected chi connectivity index (χ4v) is 2.39. The first kappa shape index (κ1) is 15.7. The van der Waals surface area contributed by atoms with Crippen LogP contribution in [0.4, 0.5) is 11.4 Å². The van der Waals surface area contributed by atoms with E-state index < -0.39 is 0 Å². The largest absolute Gasteiger partial charge is 0.495 e. The molecular weight excluding hydrogens is 356 g/mol. The van der Waals surface area contributed by atoms with Gasteiger partial charge in [-0.05, 0) is 36.4 Å². The molecule has 0 atom stereocenters. The third kappa shape index (κ3) is 4.65. The standard InChI is InChI=1S/C15H14BrClN2O2/c1-21-14-6-5-12(8-13(14)17)19-15(20)9-18-11-4-2-3-10(16)7-11/h2-8,18H,9H2,1H3,(H,19,20). The fourth-order valence-electron chi connectivity index (χ4n) is 1.73. The Bertz CT molecular complexity index is 649. The van der Waals surface area contributed by atoms with E-state index in [4.69, 9.17) is 16.3 Å². The lowest BCUT2D eigenvalue weighted by Crippen LogP contribution is -2.21. The van der Waals surface area contributed by atoms with Gasteiger partial charge in [0.25, 0.3) is 0 Å². The molecule has 2 N–H and O–H groups in total. The summed E-state index contributed by atoms with van der Waals surface area (Å²) in [5.74, 6) is 0.415. The molecule has 0 heterocycles. The average Bonchev–Trinajstić information content (AvgIpc) is 2.45. The number of ether oxygens (including phenoxy) is 1. The number of carbonyl (C=O) groups excluding carboxylic acids is 1. The molecule has 0 spiro atoms. The van der Waals surface area contributed by atoms with E-state index in [1.807, 2.05) is 24.3 Å². The van der Waals surface area contributed by atoms with Crippen molar-refractivity contribution in [3.63, 3.8) is 0 Å². The minimum atomic E-state index is -0.156. The Labute approximate surface area is 136 Å². The first-order chi connectivity index (χ1) is 10.1. The van der Waals surface area contributed by atoms with Crippen molar-refractivity contribution >= 4 is 44.8 Å². The number of carbonyl (C=O) groups is 1. The smallest absolute Gasteiger partial charge is 0.243 e. The van der Waals surface area contributed by atoms with Crippen LogP contribution in [0.15, 0.2) is 46.9 Å². The van der Waals surface area contributed by atoms with Crippen molar-refractivity contribution in [1.82, 2.24) is 0 Å². The number of halogens is 2. The molecule has 110 valence electrons. The van der Waals surface area contributed by atoms with Gasteiger partial charge in [-0.1, -0.05) is 33.6 Å². The second kappa shape index (κ2) is 7.33. The highest BCUT2D eigenvalue weighted by molar-refractivity contribution is 9.10. The van der Waals surface area contributed by atoms with E-state index in [1.54, 1.807) is 25.3 Å². The molecule has 0 aliphatic rings. The maximum absolute atomic E-state index is 11.9.